The van der Waals surface area contributed by atoms with Crippen molar-refractivity contribution in [3.63, 3.8) is 0 Å². The van der Waals surface area contributed by atoms with Gasteiger partial charge in [0.1, 0.15) is 0 Å². The third-order valence-electron chi connectivity index (χ3n) is 2.96. The van der Waals surface area contributed by atoms with E-state index in [4.69, 9.17) is 22.4 Å². The van der Waals surface area contributed by atoms with Crippen molar-refractivity contribution in [2.45, 2.75) is 13.0 Å². The van der Waals surface area contributed by atoms with Crippen LogP contribution in [0.3, 0.4) is 0 Å². The maximum absolute atomic E-state index is 10.8. The van der Waals surface area contributed by atoms with E-state index >= 15 is 0 Å². The molecule has 0 aliphatic carbocycles. The van der Waals surface area contributed by atoms with Crippen molar-refractivity contribution >= 4 is 17.6 Å². The molecule has 0 heterocycles. The molecule has 19 heavy (non-hydrogen) atoms. The molecule has 0 aromatic heterocycles. The first-order valence-corrected chi connectivity index (χ1v) is 6.25. The first-order valence-electron chi connectivity index (χ1n) is 5.88. The maximum Gasteiger partial charge on any atom is 0.335 e. The highest BCUT2D eigenvalue weighted by Gasteiger charge is 2.08. The number of benzene rings is 2. The van der Waals surface area contributed by atoms with E-state index in [1.54, 1.807) is 30.3 Å². The van der Waals surface area contributed by atoms with Crippen LogP contribution in [-0.4, -0.2) is 11.1 Å². The number of hydrogen-bond donors (Lipinski definition) is 2. The minimum absolute atomic E-state index is 0.0747. The predicted molar refractivity (Wildman–Crippen MR) is 76.4 cm³/mol. The third kappa shape index (κ3) is 2.95. The van der Waals surface area contributed by atoms with Gasteiger partial charge in [0.25, 0.3) is 0 Å². The molecule has 1 unspecified atom stereocenters. The van der Waals surface area contributed by atoms with Gasteiger partial charge in [-0.1, -0.05) is 29.8 Å². The van der Waals surface area contributed by atoms with Gasteiger partial charge in [-0.2, -0.15) is 0 Å². The summed E-state index contributed by atoms with van der Waals surface area (Å²) in [4.78, 5) is 10.8. The average Bonchev–Trinajstić information content (AvgIpc) is 2.39. The van der Waals surface area contributed by atoms with Gasteiger partial charge in [0.2, 0.25) is 0 Å². The molecule has 0 amide bonds. The van der Waals surface area contributed by atoms with Gasteiger partial charge in [-0.15, -0.1) is 0 Å². The molecular formula is C15H14ClNO2. The topological polar surface area (TPSA) is 63.3 Å². The van der Waals surface area contributed by atoms with E-state index in [0.29, 0.717) is 5.02 Å². The fourth-order valence-corrected chi connectivity index (χ4v) is 2.07. The molecule has 98 valence electrons. The van der Waals surface area contributed by atoms with Crippen LogP contribution in [0.1, 0.15) is 28.9 Å². The standard InChI is InChI=1S/C15H14ClNO2/c1-9(17)12-6-7-14(16)13(8-12)10-2-4-11(5-3-10)15(18)19/h2-9H,17H2,1H3,(H,18,19). The fourth-order valence-electron chi connectivity index (χ4n) is 1.84. The lowest BCUT2D eigenvalue weighted by Gasteiger charge is -2.10. The molecule has 0 bridgehead atoms. The molecule has 0 spiro atoms. The highest BCUT2D eigenvalue weighted by molar-refractivity contribution is 6.33. The van der Waals surface area contributed by atoms with Crippen molar-refractivity contribution in [1.82, 2.24) is 0 Å². The second-order valence-corrected chi connectivity index (χ2v) is 4.82. The molecule has 0 aliphatic heterocycles. The summed E-state index contributed by atoms with van der Waals surface area (Å²) in [6, 6.07) is 12.2. The maximum atomic E-state index is 10.8. The van der Waals surface area contributed by atoms with Gasteiger partial charge in [0, 0.05) is 16.6 Å². The number of carboxylic acids is 1. The lowest BCUT2D eigenvalue weighted by molar-refractivity contribution is 0.0697. The molecule has 0 aliphatic rings. The van der Waals surface area contributed by atoms with E-state index in [-0.39, 0.29) is 11.6 Å². The number of nitrogens with two attached hydrogens (primary N) is 1. The van der Waals surface area contributed by atoms with E-state index in [1.165, 1.54) is 0 Å². The Labute approximate surface area is 116 Å². The normalized spacial score (nSPS) is 12.2. The van der Waals surface area contributed by atoms with Crippen molar-refractivity contribution in [2.75, 3.05) is 0 Å². The molecule has 2 aromatic carbocycles. The molecule has 0 fully saturated rings. The largest absolute Gasteiger partial charge is 0.478 e. The zero-order valence-corrected chi connectivity index (χ0v) is 11.2. The van der Waals surface area contributed by atoms with Gasteiger partial charge >= 0.3 is 5.97 Å². The Morgan fingerprint density at radius 3 is 2.37 bits per heavy atom. The van der Waals surface area contributed by atoms with Crippen LogP contribution in [0.15, 0.2) is 42.5 Å². The smallest absolute Gasteiger partial charge is 0.335 e. The van der Waals surface area contributed by atoms with Gasteiger partial charge in [-0.05, 0) is 42.3 Å². The number of rotatable bonds is 3. The summed E-state index contributed by atoms with van der Waals surface area (Å²) in [7, 11) is 0. The number of aromatic carboxylic acids is 1. The Kier molecular flexibility index (Phi) is 3.88. The van der Waals surface area contributed by atoms with Crippen molar-refractivity contribution in [2.24, 2.45) is 5.73 Å². The molecule has 1 atom stereocenters. The second kappa shape index (κ2) is 5.43. The Balaban J connectivity index is 2.45. The summed E-state index contributed by atoms with van der Waals surface area (Å²) >= 11 is 6.18. The molecule has 3 N–H and O–H groups in total. The zero-order chi connectivity index (χ0) is 14.0. The van der Waals surface area contributed by atoms with Crippen molar-refractivity contribution in [1.29, 1.82) is 0 Å². The Bertz CT molecular complexity index is 606. The van der Waals surface area contributed by atoms with Crippen LogP contribution in [-0.2, 0) is 0 Å². The molecule has 4 heteroatoms. The highest BCUT2D eigenvalue weighted by atomic mass is 35.5. The second-order valence-electron chi connectivity index (χ2n) is 4.41. The van der Waals surface area contributed by atoms with Crippen molar-refractivity contribution in [3.8, 4) is 11.1 Å². The average molecular weight is 276 g/mol. The number of carboxylic acid groups (broad SMARTS) is 1. The van der Waals surface area contributed by atoms with E-state index in [2.05, 4.69) is 0 Å². The van der Waals surface area contributed by atoms with Crippen LogP contribution in [0.25, 0.3) is 11.1 Å². The molecule has 3 nitrogen and oxygen atoms in total. The van der Waals surface area contributed by atoms with E-state index in [1.807, 2.05) is 19.1 Å². The number of carbonyl (C=O) groups is 1. The summed E-state index contributed by atoms with van der Waals surface area (Å²) in [5.41, 5.74) is 8.82. The fraction of sp³-hybridized carbons (Fsp3) is 0.133. The van der Waals surface area contributed by atoms with Gasteiger partial charge in [-0.3, -0.25) is 0 Å². The minimum atomic E-state index is -0.943. The SMILES string of the molecule is CC(N)c1ccc(Cl)c(-c2ccc(C(=O)O)cc2)c1. The molecule has 2 aromatic rings. The summed E-state index contributed by atoms with van der Waals surface area (Å²) < 4.78 is 0. The summed E-state index contributed by atoms with van der Waals surface area (Å²) in [5.74, 6) is -0.943. The van der Waals surface area contributed by atoms with E-state index in [9.17, 15) is 4.79 Å². The van der Waals surface area contributed by atoms with Crippen molar-refractivity contribution in [3.05, 3.63) is 58.6 Å². The van der Waals surface area contributed by atoms with Crippen LogP contribution in [0, 0.1) is 0 Å². The van der Waals surface area contributed by atoms with Crippen LogP contribution in [0.5, 0.6) is 0 Å². The molecule has 2 rings (SSSR count). The quantitative estimate of drug-likeness (QED) is 0.897. The van der Waals surface area contributed by atoms with Crippen molar-refractivity contribution < 1.29 is 9.90 Å². The predicted octanol–water partition coefficient (Wildman–Crippen LogP) is 3.72. The van der Waals surface area contributed by atoms with Crippen LogP contribution >= 0.6 is 11.6 Å². The summed E-state index contributed by atoms with van der Waals surface area (Å²) in [6.07, 6.45) is 0. The Morgan fingerprint density at radius 2 is 1.84 bits per heavy atom. The van der Waals surface area contributed by atoms with E-state index < -0.39 is 5.97 Å². The first kappa shape index (κ1) is 13.6. The van der Waals surface area contributed by atoms with Gasteiger partial charge in [0.05, 0.1) is 5.56 Å². The zero-order valence-electron chi connectivity index (χ0n) is 10.4. The van der Waals surface area contributed by atoms with E-state index in [0.717, 1.165) is 16.7 Å². The lowest BCUT2D eigenvalue weighted by atomic mass is 9.99. The van der Waals surface area contributed by atoms with Crippen LogP contribution < -0.4 is 5.73 Å². The Hall–Kier alpha value is -1.84. The van der Waals surface area contributed by atoms with Crippen LogP contribution in [0.2, 0.25) is 5.02 Å². The number of hydrogen-bond acceptors (Lipinski definition) is 2. The molecule has 0 radical (unpaired) electrons. The Morgan fingerprint density at radius 1 is 1.21 bits per heavy atom. The monoisotopic (exact) mass is 275 g/mol. The third-order valence-corrected chi connectivity index (χ3v) is 3.29. The van der Waals surface area contributed by atoms with Gasteiger partial charge < -0.3 is 10.8 Å². The van der Waals surface area contributed by atoms with Crippen LogP contribution in [0.4, 0.5) is 0 Å². The minimum Gasteiger partial charge on any atom is -0.478 e. The molecular weight excluding hydrogens is 262 g/mol. The summed E-state index contributed by atoms with van der Waals surface area (Å²) in [6.45, 7) is 1.90. The lowest BCUT2D eigenvalue weighted by Crippen LogP contribution is -2.04. The van der Waals surface area contributed by atoms with Gasteiger partial charge in [-0.25, -0.2) is 4.79 Å². The first-order chi connectivity index (χ1) is 8.99. The number of halogens is 1. The van der Waals surface area contributed by atoms with Gasteiger partial charge in [0.15, 0.2) is 0 Å². The molecule has 0 saturated heterocycles. The summed E-state index contributed by atoms with van der Waals surface area (Å²) in [5, 5.41) is 9.49. The molecule has 0 saturated carbocycles. The highest BCUT2D eigenvalue weighted by Crippen LogP contribution is 2.30.